The van der Waals surface area contributed by atoms with Gasteiger partial charge in [-0.15, -0.1) is 0 Å². The Morgan fingerprint density at radius 2 is 1.83 bits per heavy atom. The molecule has 0 spiro atoms. The van der Waals surface area contributed by atoms with Crippen molar-refractivity contribution < 1.29 is 4.74 Å². The Balaban J connectivity index is 1.26. The van der Waals surface area contributed by atoms with Gasteiger partial charge in [0.05, 0.1) is 18.8 Å². The minimum absolute atomic E-state index is 0.327. The number of rotatable bonds is 4. The number of hydrogen-bond donors (Lipinski definition) is 1. The number of anilines is 3. The van der Waals surface area contributed by atoms with Crippen molar-refractivity contribution in [1.82, 2.24) is 24.6 Å². The molecule has 0 saturated carbocycles. The maximum absolute atomic E-state index is 6.19. The van der Waals surface area contributed by atoms with Gasteiger partial charge in [0.15, 0.2) is 0 Å². The van der Waals surface area contributed by atoms with Crippen molar-refractivity contribution in [1.29, 1.82) is 0 Å². The summed E-state index contributed by atoms with van der Waals surface area (Å²) in [6, 6.07) is 9.59. The molecule has 2 fully saturated rings. The van der Waals surface area contributed by atoms with Crippen LogP contribution in [0.3, 0.4) is 0 Å². The van der Waals surface area contributed by atoms with Gasteiger partial charge in [0.25, 0.3) is 0 Å². The summed E-state index contributed by atoms with van der Waals surface area (Å²) in [5.74, 6) is 2.17. The minimum Gasteiger partial charge on any atom is -0.379 e. The highest BCUT2D eigenvalue weighted by Crippen LogP contribution is 2.33. The van der Waals surface area contributed by atoms with E-state index in [0.29, 0.717) is 18.0 Å². The molecule has 2 unspecified atom stereocenters. The van der Waals surface area contributed by atoms with Crippen molar-refractivity contribution in [2.75, 3.05) is 62.0 Å². The molecule has 184 valence electrons. The summed E-state index contributed by atoms with van der Waals surface area (Å²) in [6.45, 7) is 8.59. The van der Waals surface area contributed by atoms with Gasteiger partial charge in [-0.1, -0.05) is 12.1 Å². The molecule has 1 aromatic carbocycles. The number of fused-ring (bicyclic) bond motifs is 1. The van der Waals surface area contributed by atoms with Gasteiger partial charge in [-0.25, -0.2) is 0 Å². The van der Waals surface area contributed by atoms with Crippen LogP contribution in [0.4, 0.5) is 17.6 Å². The predicted octanol–water partition coefficient (Wildman–Crippen LogP) is 2.59. The molecule has 0 bridgehead atoms. The fourth-order valence-electron chi connectivity index (χ4n) is 5.43. The number of nitrogen functional groups attached to an aromatic ring is 1. The van der Waals surface area contributed by atoms with Crippen LogP contribution in [0.15, 0.2) is 36.7 Å². The van der Waals surface area contributed by atoms with Crippen molar-refractivity contribution >= 4 is 17.6 Å². The number of ether oxygens (including phenoxy) is 1. The molecule has 3 aromatic rings. The van der Waals surface area contributed by atoms with Crippen molar-refractivity contribution in [2.24, 2.45) is 0 Å². The van der Waals surface area contributed by atoms with Crippen LogP contribution in [-0.2, 0) is 17.7 Å². The fraction of sp³-hybridized carbons (Fsp3) is 0.500. The lowest BCUT2D eigenvalue weighted by Crippen LogP contribution is -2.45. The molecule has 9 heteroatoms. The van der Waals surface area contributed by atoms with Crippen LogP contribution in [-0.4, -0.2) is 77.1 Å². The number of piperazine rings is 1. The largest absolute Gasteiger partial charge is 0.379 e. The van der Waals surface area contributed by atoms with Gasteiger partial charge in [0.2, 0.25) is 5.95 Å². The average molecular weight is 475 g/mol. The zero-order valence-electron chi connectivity index (χ0n) is 20.6. The van der Waals surface area contributed by atoms with Crippen LogP contribution in [0.5, 0.6) is 0 Å². The maximum atomic E-state index is 6.19. The molecule has 2 aromatic heterocycles. The Hall–Kier alpha value is -3.17. The third-order valence-corrected chi connectivity index (χ3v) is 7.65. The van der Waals surface area contributed by atoms with Gasteiger partial charge >= 0.3 is 0 Å². The first-order valence-electron chi connectivity index (χ1n) is 12.6. The second-order valence-corrected chi connectivity index (χ2v) is 10.1. The number of hydrogen-bond acceptors (Lipinski definition) is 8. The Kier molecular flexibility index (Phi) is 5.82. The number of aromatic nitrogens is 4. The van der Waals surface area contributed by atoms with E-state index in [1.807, 2.05) is 6.20 Å². The summed E-state index contributed by atoms with van der Waals surface area (Å²) in [5.41, 5.74) is 11.3. The van der Waals surface area contributed by atoms with Gasteiger partial charge < -0.3 is 25.2 Å². The highest BCUT2D eigenvalue weighted by molar-refractivity contribution is 5.65. The summed E-state index contributed by atoms with van der Waals surface area (Å²) in [6.07, 6.45) is 6.12. The summed E-state index contributed by atoms with van der Waals surface area (Å²) < 4.78 is 7.59. The summed E-state index contributed by atoms with van der Waals surface area (Å²) >= 11 is 0. The third-order valence-electron chi connectivity index (χ3n) is 7.65. The lowest BCUT2D eigenvalue weighted by atomic mass is 9.92. The molecule has 0 aliphatic carbocycles. The Morgan fingerprint density at radius 1 is 1.00 bits per heavy atom. The highest BCUT2D eigenvalue weighted by Gasteiger charge is 2.27. The van der Waals surface area contributed by atoms with Gasteiger partial charge in [-0.3, -0.25) is 4.68 Å². The zero-order valence-corrected chi connectivity index (χ0v) is 20.6. The Labute approximate surface area is 206 Å². The number of nitrogens with zero attached hydrogens (tertiary/aromatic N) is 7. The summed E-state index contributed by atoms with van der Waals surface area (Å²) in [4.78, 5) is 16.2. The number of nitrogens with two attached hydrogens (primary N) is 1. The third kappa shape index (κ3) is 4.46. The van der Waals surface area contributed by atoms with E-state index in [9.17, 15) is 0 Å². The van der Waals surface area contributed by atoms with E-state index in [2.05, 4.69) is 78.9 Å². The summed E-state index contributed by atoms with van der Waals surface area (Å²) in [5, 5.41) is 4.62. The van der Waals surface area contributed by atoms with E-state index >= 15 is 0 Å². The van der Waals surface area contributed by atoms with Gasteiger partial charge in [0.1, 0.15) is 11.6 Å². The first kappa shape index (κ1) is 22.3. The molecule has 35 heavy (non-hydrogen) atoms. The molecule has 9 nitrogen and oxygen atoms in total. The van der Waals surface area contributed by atoms with Gasteiger partial charge in [-0.05, 0) is 49.6 Å². The number of likely N-dealkylation sites (N-methyl/N-ethyl adjacent to an activating group) is 1. The van der Waals surface area contributed by atoms with E-state index < -0.39 is 0 Å². The first-order chi connectivity index (χ1) is 17.0. The highest BCUT2D eigenvalue weighted by atomic mass is 16.5. The van der Waals surface area contributed by atoms with Crippen LogP contribution in [0, 0.1) is 0 Å². The normalized spacial score (nSPS) is 23.0. The van der Waals surface area contributed by atoms with Crippen LogP contribution in [0.2, 0.25) is 0 Å². The molecule has 3 aliphatic rings. The number of benzene rings is 1. The quantitative estimate of drug-likeness (QED) is 0.617. The smallest absolute Gasteiger partial charge is 0.223 e. The SMILES string of the molecule is CC1Cc2ccc(-c3cnn(C4CCOC4)c3)cc2CN1c1cc(N2CCN(C)CC2)nc(N)n1. The second kappa shape index (κ2) is 9.13. The van der Waals surface area contributed by atoms with E-state index in [0.717, 1.165) is 76.0 Å². The van der Waals surface area contributed by atoms with Crippen molar-refractivity contribution in [3.63, 3.8) is 0 Å². The Bertz CT molecular complexity index is 1200. The molecule has 2 N–H and O–H groups in total. The fourth-order valence-corrected chi connectivity index (χ4v) is 5.43. The van der Waals surface area contributed by atoms with E-state index in [4.69, 9.17) is 10.5 Å². The molecule has 2 saturated heterocycles. The van der Waals surface area contributed by atoms with Gasteiger partial charge in [-0.2, -0.15) is 15.1 Å². The molecule has 6 rings (SSSR count). The van der Waals surface area contributed by atoms with Gasteiger partial charge in [0, 0.05) is 63.2 Å². The maximum Gasteiger partial charge on any atom is 0.223 e. The first-order valence-corrected chi connectivity index (χ1v) is 12.6. The minimum atomic E-state index is 0.327. The monoisotopic (exact) mass is 474 g/mol. The average Bonchev–Trinajstić information content (AvgIpc) is 3.56. The predicted molar refractivity (Wildman–Crippen MR) is 138 cm³/mol. The van der Waals surface area contributed by atoms with E-state index in [1.165, 1.54) is 16.7 Å². The molecule has 2 atom stereocenters. The zero-order chi connectivity index (χ0) is 23.9. The van der Waals surface area contributed by atoms with Crippen molar-refractivity contribution in [3.05, 3.63) is 47.8 Å². The molecular formula is C26H34N8O. The van der Waals surface area contributed by atoms with E-state index in [-0.39, 0.29) is 0 Å². The summed E-state index contributed by atoms with van der Waals surface area (Å²) in [7, 11) is 2.16. The van der Waals surface area contributed by atoms with Crippen LogP contribution in [0.25, 0.3) is 11.1 Å². The molecular weight excluding hydrogens is 440 g/mol. The molecule has 0 amide bonds. The molecule has 3 aliphatic heterocycles. The van der Waals surface area contributed by atoms with Crippen molar-refractivity contribution in [2.45, 2.75) is 38.4 Å². The van der Waals surface area contributed by atoms with Crippen LogP contribution >= 0.6 is 0 Å². The Morgan fingerprint density at radius 3 is 2.63 bits per heavy atom. The lowest BCUT2D eigenvalue weighted by molar-refractivity contribution is 0.184. The topological polar surface area (TPSA) is 88.6 Å². The second-order valence-electron chi connectivity index (χ2n) is 10.1. The van der Waals surface area contributed by atoms with Crippen LogP contribution < -0.4 is 15.5 Å². The van der Waals surface area contributed by atoms with Crippen LogP contribution in [0.1, 0.15) is 30.5 Å². The van der Waals surface area contributed by atoms with E-state index in [1.54, 1.807) is 0 Å². The standard InChI is InChI=1S/C26H34N8O/c1-18-11-19-3-4-20(22-14-28-34(16-22)23-5-10-35-17-23)12-21(19)15-33(18)25-13-24(29-26(27)30-25)32-8-6-31(2)7-9-32/h3-4,12-14,16,18,23H,5-11,15,17H2,1-2H3,(H2,27,29,30). The molecule has 5 heterocycles. The van der Waals surface area contributed by atoms with Crippen molar-refractivity contribution in [3.8, 4) is 11.1 Å². The molecule has 0 radical (unpaired) electrons. The lowest BCUT2D eigenvalue weighted by Gasteiger charge is -2.37.